The fraction of sp³-hybridized carbons (Fsp3) is 0.429. The van der Waals surface area contributed by atoms with Gasteiger partial charge in [0.2, 0.25) is 0 Å². The molecule has 3 N–H and O–H groups in total. The Kier molecular flexibility index (Phi) is 5.64. The Labute approximate surface area is 178 Å². The molecule has 2 aliphatic heterocycles. The lowest BCUT2D eigenvalue weighted by Gasteiger charge is -2.42. The maximum atomic E-state index is 12.6. The standard InChI is InChI=1S/C21H25N5O5/c1-25-15(10-16(27)26(2)21(25)30)18(28)22-11-12-5-3-6-13(9-12)17-14-7-4-8-31-19(14)24-20(29)23-17/h3,5-6,9-10,14,17,19H,4,7-8,11H2,1-2H3,(H,22,28)(H2,23,24,29)/t14-,17-,19-/m0/s1. The smallest absolute Gasteiger partial charge is 0.331 e. The third kappa shape index (κ3) is 4.11. The number of ether oxygens (including phenoxy) is 1. The van der Waals surface area contributed by atoms with Crippen molar-refractivity contribution in [2.45, 2.75) is 31.7 Å². The summed E-state index contributed by atoms with van der Waals surface area (Å²) in [6, 6.07) is 8.30. The first-order valence-corrected chi connectivity index (χ1v) is 10.2. The van der Waals surface area contributed by atoms with Crippen molar-refractivity contribution >= 4 is 11.9 Å². The zero-order valence-corrected chi connectivity index (χ0v) is 17.4. The van der Waals surface area contributed by atoms with E-state index in [4.69, 9.17) is 4.74 Å². The number of urea groups is 1. The molecule has 2 aliphatic rings. The normalized spacial score (nSPS) is 22.8. The highest BCUT2D eigenvalue weighted by atomic mass is 16.5. The molecule has 2 aromatic rings. The van der Waals surface area contributed by atoms with Crippen LogP contribution in [0.3, 0.4) is 0 Å². The van der Waals surface area contributed by atoms with Gasteiger partial charge in [0.1, 0.15) is 11.9 Å². The van der Waals surface area contributed by atoms with Crippen molar-refractivity contribution in [3.05, 3.63) is 68.0 Å². The number of nitrogens with zero attached hydrogens (tertiary/aromatic N) is 2. The SMILES string of the molecule is Cn1c(C(=O)NCc2cccc([C@@H]3NC(=O)N[C@H]4OCCC[C@H]43)c2)cc(=O)n(C)c1=O. The molecule has 164 valence electrons. The van der Waals surface area contributed by atoms with Crippen molar-refractivity contribution in [2.24, 2.45) is 20.0 Å². The summed E-state index contributed by atoms with van der Waals surface area (Å²) in [4.78, 5) is 48.5. The average Bonchev–Trinajstić information content (AvgIpc) is 2.78. The fourth-order valence-corrected chi connectivity index (χ4v) is 4.16. The Morgan fingerprint density at radius 3 is 2.77 bits per heavy atom. The molecule has 1 aromatic carbocycles. The van der Waals surface area contributed by atoms with Gasteiger partial charge < -0.3 is 20.7 Å². The van der Waals surface area contributed by atoms with Crippen LogP contribution in [0.15, 0.2) is 39.9 Å². The molecule has 2 fully saturated rings. The van der Waals surface area contributed by atoms with Crippen LogP contribution in [0.2, 0.25) is 0 Å². The van der Waals surface area contributed by atoms with E-state index in [9.17, 15) is 19.2 Å². The predicted molar refractivity (Wildman–Crippen MR) is 111 cm³/mol. The van der Waals surface area contributed by atoms with E-state index in [1.165, 1.54) is 14.1 Å². The van der Waals surface area contributed by atoms with Gasteiger partial charge in [0.05, 0.1) is 6.04 Å². The van der Waals surface area contributed by atoms with Crippen molar-refractivity contribution in [1.29, 1.82) is 0 Å². The summed E-state index contributed by atoms with van der Waals surface area (Å²) in [5.74, 6) is -0.398. The van der Waals surface area contributed by atoms with Crippen LogP contribution in [-0.2, 0) is 25.4 Å². The molecule has 3 atom stereocenters. The molecule has 2 saturated heterocycles. The molecule has 0 spiro atoms. The van der Waals surface area contributed by atoms with Gasteiger partial charge >= 0.3 is 11.7 Å². The third-order valence-electron chi connectivity index (χ3n) is 5.88. The van der Waals surface area contributed by atoms with Gasteiger partial charge in [-0.25, -0.2) is 9.59 Å². The van der Waals surface area contributed by atoms with Crippen molar-refractivity contribution < 1.29 is 14.3 Å². The summed E-state index contributed by atoms with van der Waals surface area (Å²) >= 11 is 0. The van der Waals surface area contributed by atoms with E-state index in [0.717, 1.165) is 39.2 Å². The molecule has 0 unspecified atom stereocenters. The molecule has 0 saturated carbocycles. The number of benzene rings is 1. The van der Waals surface area contributed by atoms with Crippen LogP contribution < -0.4 is 27.2 Å². The molecule has 3 amide bonds. The lowest BCUT2D eigenvalue weighted by atomic mass is 9.85. The number of amides is 3. The number of carbonyl (C=O) groups is 2. The number of rotatable bonds is 4. The fourth-order valence-electron chi connectivity index (χ4n) is 4.16. The van der Waals surface area contributed by atoms with Crippen LogP contribution in [0.25, 0.3) is 0 Å². The van der Waals surface area contributed by atoms with E-state index in [1.807, 2.05) is 24.3 Å². The van der Waals surface area contributed by atoms with Gasteiger partial charge in [-0.15, -0.1) is 0 Å². The summed E-state index contributed by atoms with van der Waals surface area (Å²) in [6.45, 7) is 0.838. The van der Waals surface area contributed by atoms with E-state index in [2.05, 4.69) is 16.0 Å². The minimum Gasteiger partial charge on any atom is -0.358 e. The monoisotopic (exact) mass is 427 g/mol. The first-order valence-electron chi connectivity index (χ1n) is 10.2. The third-order valence-corrected chi connectivity index (χ3v) is 5.88. The number of nitrogens with one attached hydrogen (secondary N) is 3. The summed E-state index contributed by atoms with van der Waals surface area (Å²) in [6.07, 6.45) is 1.55. The molecule has 10 heteroatoms. The number of carbonyl (C=O) groups excluding carboxylic acids is 2. The Bertz CT molecular complexity index is 1140. The average molecular weight is 427 g/mol. The van der Waals surface area contributed by atoms with E-state index in [-0.39, 0.29) is 36.5 Å². The van der Waals surface area contributed by atoms with Crippen LogP contribution in [0.1, 0.15) is 40.5 Å². The Balaban J connectivity index is 1.51. The maximum Gasteiger partial charge on any atom is 0.331 e. The van der Waals surface area contributed by atoms with Crippen molar-refractivity contribution in [3.8, 4) is 0 Å². The number of fused-ring (bicyclic) bond motifs is 1. The quantitative estimate of drug-likeness (QED) is 0.640. The lowest BCUT2D eigenvalue weighted by molar-refractivity contribution is -0.0602. The first kappa shape index (κ1) is 20.9. The van der Waals surface area contributed by atoms with Gasteiger partial charge in [0.25, 0.3) is 11.5 Å². The Morgan fingerprint density at radius 1 is 1.16 bits per heavy atom. The van der Waals surface area contributed by atoms with Gasteiger partial charge in [-0.2, -0.15) is 0 Å². The highest BCUT2D eigenvalue weighted by molar-refractivity contribution is 5.92. The second kappa shape index (κ2) is 8.38. The Morgan fingerprint density at radius 2 is 1.97 bits per heavy atom. The molecule has 31 heavy (non-hydrogen) atoms. The van der Waals surface area contributed by atoms with Crippen molar-refractivity contribution in [3.63, 3.8) is 0 Å². The second-order valence-corrected chi connectivity index (χ2v) is 7.89. The molecule has 1 aromatic heterocycles. The van der Waals surface area contributed by atoms with Crippen molar-refractivity contribution in [1.82, 2.24) is 25.1 Å². The molecule has 3 heterocycles. The van der Waals surface area contributed by atoms with E-state index in [0.29, 0.717) is 6.61 Å². The predicted octanol–water partition coefficient (Wildman–Crippen LogP) is 0.121. The molecule has 4 rings (SSSR count). The lowest BCUT2D eigenvalue weighted by Crippen LogP contribution is -2.58. The van der Waals surface area contributed by atoms with Crippen LogP contribution >= 0.6 is 0 Å². The van der Waals surface area contributed by atoms with E-state index < -0.39 is 17.2 Å². The highest BCUT2D eigenvalue weighted by Crippen LogP contribution is 2.34. The number of hydrogen-bond acceptors (Lipinski definition) is 5. The van der Waals surface area contributed by atoms with Crippen molar-refractivity contribution in [2.75, 3.05) is 6.61 Å². The van der Waals surface area contributed by atoms with Gasteiger partial charge in [0.15, 0.2) is 0 Å². The summed E-state index contributed by atoms with van der Waals surface area (Å²) < 4.78 is 7.80. The number of hydrogen-bond donors (Lipinski definition) is 3. The first-order chi connectivity index (χ1) is 14.8. The molecular formula is C21H25N5O5. The highest BCUT2D eigenvalue weighted by Gasteiger charge is 2.39. The summed E-state index contributed by atoms with van der Waals surface area (Å²) in [7, 11) is 2.80. The van der Waals surface area contributed by atoms with E-state index >= 15 is 0 Å². The van der Waals surface area contributed by atoms with Gasteiger partial charge in [-0.1, -0.05) is 24.3 Å². The van der Waals surface area contributed by atoms with Gasteiger partial charge in [-0.3, -0.25) is 18.7 Å². The largest absolute Gasteiger partial charge is 0.358 e. The van der Waals surface area contributed by atoms with Crippen LogP contribution in [0, 0.1) is 5.92 Å². The molecular weight excluding hydrogens is 402 g/mol. The van der Waals surface area contributed by atoms with E-state index in [1.54, 1.807) is 0 Å². The van der Waals surface area contributed by atoms with Crippen LogP contribution in [0.5, 0.6) is 0 Å². The van der Waals surface area contributed by atoms with Gasteiger partial charge in [0, 0.05) is 39.2 Å². The molecule has 0 bridgehead atoms. The molecule has 0 aliphatic carbocycles. The van der Waals surface area contributed by atoms with Crippen LogP contribution in [-0.4, -0.2) is 33.9 Å². The minimum atomic E-state index is -0.564. The second-order valence-electron chi connectivity index (χ2n) is 7.89. The minimum absolute atomic E-state index is 0.00271. The summed E-state index contributed by atoms with van der Waals surface area (Å²) in [5, 5.41) is 8.56. The Hall–Kier alpha value is -3.40. The van der Waals surface area contributed by atoms with Gasteiger partial charge in [-0.05, 0) is 24.0 Å². The molecule has 0 radical (unpaired) electrons. The summed E-state index contributed by atoms with van der Waals surface area (Å²) in [5.41, 5.74) is 0.660. The zero-order valence-electron chi connectivity index (χ0n) is 17.4. The number of aromatic nitrogens is 2. The molecule has 10 nitrogen and oxygen atoms in total. The van der Waals surface area contributed by atoms with Crippen LogP contribution in [0.4, 0.5) is 4.79 Å². The maximum absolute atomic E-state index is 12.6. The zero-order chi connectivity index (χ0) is 22.1. The topological polar surface area (TPSA) is 123 Å².